The minimum atomic E-state index is -0.688. The molecule has 1 aliphatic heterocycles. The number of fused-ring (bicyclic) bond motifs is 1. The van der Waals surface area contributed by atoms with Crippen molar-refractivity contribution in [3.63, 3.8) is 0 Å². The van der Waals surface area contributed by atoms with Crippen LogP contribution in [-0.2, 0) is 9.53 Å². The van der Waals surface area contributed by atoms with Crippen molar-refractivity contribution in [1.29, 1.82) is 0 Å². The summed E-state index contributed by atoms with van der Waals surface area (Å²) in [5, 5.41) is 11.8. The first-order valence-electron chi connectivity index (χ1n) is 9.03. The number of carbonyl (C=O) groups is 2. The first-order chi connectivity index (χ1) is 13.6. The second-order valence-electron chi connectivity index (χ2n) is 7.73. The van der Waals surface area contributed by atoms with Crippen molar-refractivity contribution in [3.05, 3.63) is 17.3 Å². The van der Waals surface area contributed by atoms with Crippen LogP contribution in [-0.4, -0.2) is 75.3 Å². The van der Waals surface area contributed by atoms with Gasteiger partial charge in [-0.2, -0.15) is 0 Å². The lowest BCUT2D eigenvalue weighted by Gasteiger charge is -2.44. The number of nitrogens with zero attached hydrogens (tertiary/aromatic N) is 5. The minimum absolute atomic E-state index is 0.0768. The van der Waals surface area contributed by atoms with Crippen LogP contribution in [0, 0.1) is 0 Å². The minimum Gasteiger partial charge on any atom is -0.444 e. The molecule has 2 aromatic rings. The summed E-state index contributed by atoms with van der Waals surface area (Å²) in [4.78, 5) is 40.3. The van der Waals surface area contributed by atoms with Gasteiger partial charge in [0.05, 0.1) is 6.04 Å². The Labute approximate surface area is 172 Å². The molecule has 0 bridgehead atoms. The molecule has 0 atom stereocenters. The zero-order valence-corrected chi connectivity index (χ0v) is 17.4. The van der Waals surface area contributed by atoms with E-state index in [1.807, 2.05) is 25.7 Å². The summed E-state index contributed by atoms with van der Waals surface area (Å²) < 4.78 is 5.39. The van der Waals surface area contributed by atoms with Crippen LogP contribution < -0.4 is 10.2 Å². The molecule has 0 radical (unpaired) electrons. The van der Waals surface area contributed by atoms with Crippen LogP contribution in [0.25, 0.3) is 11.2 Å². The smallest absolute Gasteiger partial charge is 0.410 e. The molecular weight excluding hydrogens is 400 g/mol. The number of halogens is 1. The number of ether oxygens (including phenoxy) is 1. The normalized spacial score (nSPS) is 14.5. The molecule has 1 fully saturated rings. The van der Waals surface area contributed by atoms with E-state index in [1.54, 1.807) is 24.1 Å². The molecule has 10 nitrogen and oxygen atoms in total. The molecule has 2 aromatic heterocycles. The van der Waals surface area contributed by atoms with Crippen molar-refractivity contribution < 1.29 is 19.4 Å². The Hall–Kier alpha value is -2.72. The molecule has 0 aromatic carbocycles. The molecule has 0 unspecified atom stereocenters. The van der Waals surface area contributed by atoms with Gasteiger partial charge in [-0.1, -0.05) is 11.6 Å². The fraction of sp³-hybridized carbons (Fsp3) is 0.500. The van der Waals surface area contributed by atoms with E-state index in [2.05, 4.69) is 20.3 Å². The number of rotatable bonds is 4. The summed E-state index contributed by atoms with van der Waals surface area (Å²) in [5.41, 5.74) is 0.210. The third-order valence-electron chi connectivity index (χ3n) is 4.27. The molecule has 156 valence electrons. The maximum atomic E-state index is 12.2. The molecule has 0 spiro atoms. The highest BCUT2D eigenvalue weighted by Gasteiger charge is 2.36. The van der Waals surface area contributed by atoms with E-state index in [1.165, 1.54) is 0 Å². The zero-order chi connectivity index (χ0) is 21.3. The Bertz CT molecular complexity index is 942. The van der Waals surface area contributed by atoms with Crippen molar-refractivity contribution >= 4 is 46.4 Å². The number of aliphatic hydroxyl groups is 1. The number of pyridine rings is 1. The largest absolute Gasteiger partial charge is 0.444 e. The molecule has 11 heteroatoms. The van der Waals surface area contributed by atoms with Crippen LogP contribution in [0.15, 0.2) is 12.1 Å². The molecule has 3 rings (SSSR count). The highest BCUT2D eigenvalue weighted by atomic mass is 35.5. The van der Waals surface area contributed by atoms with Gasteiger partial charge in [-0.05, 0) is 32.9 Å². The molecule has 0 aliphatic carbocycles. The van der Waals surface area contributed by atoms with Crippen LogP contribution in [0.4, 0.5) is 16.4 Å². The molecule has 3 heterocycles. The average molecular weight is 423 g/mol. The van der Waals surface area contributed by atoms with E-state index in [0.29, 0.717) is 24.4 Å². The second-order valence-corrected chi connectivity index (χ2v) is 8.12. The summed E-state index contributed by atoms with van der Waals surface area (Å²) in [7, 11) is 1.68. The number of amides is 2. The van der Waals surface area contributed by atoms with Crippen molar-refractivity contribution in [2.24, 2.45) is 0 Å². The maximum Gasteiger partial charge on any atom is 0.410 e. The monoisotopic (exact) mass is 422 g/mol. The molecule has 2 N–H and O–H groups in total. The van der Waals surface area contributed by atoms with E-state index in [4.69, 9.17) is 21.4 Å². The number of anilines is 2. The molecule has 1 aliphatic rings. The van der Waals surface area contributed by atoms with Crippen molar-refractivity contribution in [2.45, 2.75) is 32.4 Å². The second kappa shape index (κ2) is 7.96. The Morgan fingerprint density at radius 3 is 2.62 bits per heavy atom. The Balaban J connectivity index is 1.80. The van der Waals surface area contributed by atoms with E-state index in [0.717, 1.165) is 0 Å². The topological polar surface area (TPSA) is 121 Å². The van der Waals surface area contributed by atoms with Gasteiger partial charge in [0.2, 0.25) is 0 Å². The predicted molar refractivity (Wildman–Crippen MR) is 108 cm³/mol. The number of likely N-dealkylation sites (N-methyl/N-ethyl adjacent to an activating group) is 1. The Kier molecular flexibility index (Phi) is 5.76. The fourth-order valence-electron chi connectivity index (χ4n) is 2.74. The summed E-state index contributed by atoms with van der Waals surface area (Å²) in [5.74, 6) is -0.0215. The standard InChI is InChI=1S/C18H23ClN6O4/c1-18(2,3)29-17(28)24(4)10-7-25(8-10)16-15(22-13(27)9-26)23-14-11(20-16)5-6-12(19)21-14/h5-6,10,26H,7-9H2,1-4H3,(H,21,22,23,27). The molecule has 2 amide bonds. The molecule has 29 heavy (non-hydrogen) atoms. The third kappa shape index (κ3) is 4.83. The molecular formula is C18H23ClN6O4. The number of hydrogen-bond acceptors (Lipinski definition) is 8. The van der Waals surface area contributed by atoms with Gasteiger partial charge in [0.1, 0.15) is 22.9 Å². The first-order valence-corrected chi connectivity index (χ1v) is 9.41. The van der Waals surface area contributed by atoms with Gasteiger partial charge in [0.15, 0.2) is 17.3 Å². The first kappa shape index (κ1) is 21.0. The van der Waals surface area contributed by atoms with Crippen LogP contribution in [0.5, 0.6) is 0 Å². The average Bonchev–Trinajstić information content (AvgIpc) is 2.59. The van der Waals surface area contributed by atoms with Crippen LogP contribution >= 0.6 is 11.6 Å². The van der Waals surface area contributed by atoms with E-state index < -0.39 is 24.2 Å². The van der Waals surface area contributed by atoms with Gasteiger partial charge in [0.25, 0.3) is 5.91 Å². The fourth-order valence-corrected chi connectivity index (χ4v) is 2.89. The lowest BCUT2D eigenvalue weighted by Crippen LogP contribution is -2.60. The lowest BCUT2D eigenvalue weighted by atomic mass is 10.1. The lowest BCUT2D eigenvalue weighted by molar-refractivity contribution is -0.118. The highest BCUT2D eigenvalue weighted by molar-refractivity contribution is 6.29. The Morgan fingerprint density at radius 2 is 2.00 bits per heavy atom. The van der Waals surface area contributed by atoms with Crippen LogP contribution in [0.2, 0.25) is 5.15 Å². The SMILES string of the molecule is CN(C(=O)OC(C)(C)C)C1CN(c2nc3ccc(Cl)nc3nc2NC(=O)CO)C1. The highest BCUT2D eigenvalue weighted by Crippen LogP contribution is 2.30. The zero-order valence-electron chi connectivity index (χ0n) is 16.6. The van der Waals surface area contributed by atoms with Gasteiger partial charge < -0.3 is 25.0 Å². The van der Waals surface area contributed by atoms with Gasteiger partial charge in [-0.3, -0.25) is 4.79 Å². The number of aliphatic hydroxyl groups excluding tert-OH is 1. The molecule has 0 saturated carbocycles. The van der Waals surface area contributed by atoms with Gasteiger partial charge in [-0.15, -0.1) is 0 Å². The van der Waals surface area contributed by atoms with Gasteiger partial charge >= 0.3 is 6.09 Å². The predicted octanol–water partition coefficient (Wildman–Crippen LogP) is 1.66. The molecule has 1 saturated heterocycles. The summed E-state index contributed by atoms with van der Waals surface area (Å²) in [6, 6.07) is 3.21. The van der Waals surface area contributed by atoms with E-state index in [9.17, 15) is 9.59 Å². The van der Waals surface area contributed by atoms with E-state index in [-0.39, 0.29) is 22.7 Å². The van der Waals surface area contributed by atoms with Crippen LogP contribution in [0.3, 0.4) is 0 Å². The quantitative estimate of drug-likeness (QED) is 0.713. The number of hydrogen-bond donors (Lipinski definition) is 2. The summed E-state index contributed by atoms with van der Waals surface area (Å²) in [6.07, 6.45) is -0.403. The van der Waals surface area contributed by atoms with Crippen molar-refractivity contribution in [2.75, 3.05) is 37.0 Å². The number of carbonyl (C=O) groups excluding carboxylic acids is 2. The number of nitrogens with one attached hydrogen (secondary N) is 1. The summed E-state index contributed by atoms with van der Waals surface area (Å²) in [6.45, 7) is 5.72. The number of aromatic nitrogens is 3. The summed E-state index contributed by atoms with van der Waals surface area (Å²) >= 11 is 5.91. The van der Waals surface area contributed by atoms with Crippen molar-refractivity contribution in [3.8, 4) is 0 Å². The maximum absolute atomic E-state index is 12.2. The third-order valence-corrected chi connectivity index (χ3v) is 4.48. The van der Waals surface area contributed by atoms with Crippen LogP contribution in [0.1, 0.15) is 20.8 Å². The van der Waals surface area contributed by atoms with Gasteiger partial charge in [-0.25, -0.2) is 19.7 Å². The van der Waals surface area contributed by atoms with E-state index >= 15 is 0 Å². The Morgan fingerprint density at radius 1 is 1.31 bits per heavy atom. The van der Waals surface area contributed by atoms with Gasteiger partial charge in [0, 0.05) is 20.1 Å². The van der Waals surface area contributed by atoms with Crippen molar-refractivity contribution in [1.82, 2.24) is 19.9 Å².